The maximum absolute atomic E-state index is 15.4. The second-order valence-corrected chi connectivity index (χ2v) is 7.65. The summed E-state index contributed by atoms with van der Waals surface area (Å²) >= 11 is 12.5. The van der Waals surface area contributed by atoms with Gasteiger partial charge in [-0.25, -0.2) is 9.18 Å². The third-order valence-electron chi connectivity index (χ3n) is 5.16. The average molecular weight is 427 g/mol. The minimum absolute atomic E-state index is 0.0180. The summed E-state index contributed by atoms with van der Waals surface area (Å²) in [7, 11) is 0. The molecular weight excluding hydrogens is 410 g/mol. The number of hydrogen-bond donors (Lipinski definition) is 2. The van der Waals surface area contributed by atoms with E-state index < -0.39 is 11.9 Å². The highest BCUT2D eigenvalue weighted by molar-refractivity contribution is 6.37. The van der Waals surface area contributed by atoms with Gasteiger partial charge in [0.05, 0.1) is 16.1 Å². The van der Waals surface area contributed by atoms with Crippen molar-refractivity contribution >= 4 is 29.3 Å². The van der Waals surface area contributed by atoms with Gasteiger partial charge in [0.2, 0.25) is 0 Å². The molecule has 2 aliphatic rings. The molecule has 2 aliphatic heterocycles. The fraction of sp³-hybridized carbons (Fsp3) is 0.316. The molecule has 2 aromatic carbocycles. The molecule has 6 nitrogen and oxygen atoms in total. The fourth-order valence-corrected chi connectivity index (χ4v) is 4.32. The van der Waals surface area contributed by atoms with Gasteiger partial charge in [-0.05, 0) is 18.2 Å². The molecule has 0 unspecified atom stereocenters. The van der Waals surface area contributed by atoms with Crippen molar-refractivity contribution in [2.75, 3.05) is 26.2 Å². The highest BCUT2D eigenvalue weighted by atomic mass is 35.5. The molecule has 0 saturated carbocycles. The zero-order chi connectivity index (χ0) is 20.0. The number of ether oxygens (including phenoxy) is 1. The zero-order valence-corrected chi connectivity index (χ0v) is 16.2. The van der Waals surface area contributed by atoms with Crippen LogP contribution in [0.25, 0.3) is 11.1 Å². The van der Waals surface area contributed by atoms with Crippen LogP contribution in [-0.2, 0) is 6.54 Å². The van der Waals surface area contributed by atoms with E-state index in [0.29, 0.717) is 25.2 Å². The number of piperazine rings is 1. The molecule has 0 aromatic heterocycles. The molecule has 4 rings (SSSR count). The lowest BCUT2D eigenvalue weighted by Gasteiger charge is -2.38. The summed E-state index contributed by atoms with van der Waals surface area (Å²) in [5.41, 5.74) is 0.664. The Balaban J connectivity index is 1.74. The number of hydrogen-bond acceptors (Lipinski definition) is 4. The summed E-state index contributed by atoms with van der Waals surface area (Å²) in [4.78, 5) is 14.6. The second-order valence-electron chi connectivity index (χ2n) is 6.83. The Morgan fingerprint density at radius 2 is 2.00 bits per heavy atom. The molecule has 2 aromatic rings. The van der Waals surface area contributed by atoms with E-state index >= 15 is 4.39 Å². The number of benzene rings is 2. The lowest BCUT2D eigenvalue weighted by molar-refractivity contribution is 0.0499. The number of aromatic hydroxyl groups is 1. The van der Waals surface area contributed by atoms with E-state index in [9.17, 15) is 15.0 Å². The van der Waals surface area contributed by atoms with Gasteiger partial charge in [0, 0.05) is 42.9 Å². The number of fused-ring (bicyclic) bond motifs is 2. The average Bonchev–Trinajstić information content (AvgIpc) is 2.82. The van der Waals surface area contributed by atoms with Gasteiger partial charge >= 0.3 is 6.09 Å². The Morgan fingerprint density at radius 3 is 2.71 bits per heavy atom. The SMILES string of the molecule is O=C(O)N1CCN2Cc3cc(Cl)c(-c4c(O)cccc4Cl)c(F)c3OC[C@H]2C1. The standard InChI is InChI=1S/C19H17Cl2FN2O4/c20-12-2-1-3-14(25)15(12)16-13(21)6-10-7-23-4-5-24(19(26)27)8-11(23)9-28-18(10)17(16)22/h1-3,6,11,25H,4-5,7-9H2,(H,26,27)/t11-/m1/s1. The van der Waals surface area contributed by atoms with Gasteiger partial charge in [0.1, 0.15) is 12.4 Å². The van der Waals surface area contributed by atoms with Gasteiger partial charge in [-0.15, -0.1) is 0 Å². The Morgan fingerprint density at radius 1 is 1.21 bits per heavy atom. The van der Waals surface area contributed by atoms with Crippen LogP contribution in [0, 0.1) is 5.82 Å². The predicted octanol–water partition coefficient (Wildman–Crippen LogP) is 4.06. The monoisotopic (exact) mass is 426 g/mol. The number of phenolic OH excluding ortho intramolecular Hbond substituents is 1. The van der Waals surface area contributed by atoms with Crippen LogP contribution in [0.5, 0.6) is 11.5 Å². The van der Waals surface area contributed by atoms with Crippen LogP contribution in [-0.4, -0.2) is 58.4 Å². The zero-order valence-electron chi connectivity index (χ0n) is 14.7. The van der Waals surface area contributed by atoms with Crippen molar-refractivity contribution in [2.45, 2.75) is 12.6 Å². The lowest BCUT2D eigenvalue weighted by Crippen LogP contribution is -2.55. The van der Waals surface area contributed by atoms with Crippen LogP contribution in [0.2, 0.25) is 10.0 Å². The van der Waals surface area contributed by atoms with Crippen LogP contribution < -0.4 is 4.74 Å². The van der Waals surface area contributed by atoms with Crippen molar-refractivity contribution in [1.29, 1.82) is 0 Å². The van der Waals surface area contributed by atoms with Crippen molar-refractivity contribution in [3.63, 3.8) is 0 Å². The highest BCUT2D eigenvalue weighted by Crippen LogP contribution is 2.45. The van der Waals surface area contributed by atoms with Crippen molar-refractivity contribution in [2.24, 2.45) is 0 Å². The van der Waals surface area contributed by atoms with Gasteiger partial charge in [-0.2, -0.15) is 0 Å². The summed E-state index contributed by atoms with van der Waals surface area (Å²) in [6.07, 6.45) is -0.980. The fourth-order valence-electron chi connectivity index (χ4n) is 3.74. The molecule has 0 spiro atoms. The summed E-state index contributed by atoms with van der Waals surface area (Å²) in [5.74, 6) is -0.827. The Labute approximate surface area is 170 Å². The van der Waals surface area contributed by atoms with Crippen molar-refractivity contribution in [3.8, 4) is 22.6 Å². The molecule has 0 radical (unpaired) electrons. The minimum Gasteiger partial charge on any atom is -0.507 e. The second kappa shape index (κ2) is 7.31. The van der Waals surface area contributed by atoms with Gasteiger partial charge in [-0.3, -0.25) is 4.90 Å². The molecule has 1 atom stereocenters. The maximum Gasteiger partial charge on any atom is 0.407 e. The van der Waals surface area contributed by atoms with E-state index in [-0.39, 0.29) is 51.9 Å². The number of rotatable bonds is 1. The molecule has 148 valence electrons. The molecule has 9 heteroatoms. The van der Waals surface area contributed by atoms with Crippen LogP contribution in [0.4, 0.5) is 9.18 Å². The first-order valence-corrected chi connectivity index (χ1v) is 9.46. The molecule has 1 fully saturated rings. The quantitative estimate of drug-likeness (QED) is 0.718. The topological polar surface area (TPSA) is 73.2 Å². The summed E-state index contributed by atoms with van der Waals surface area (Å²) < 4.78 is 21.2. The maximum atomic E-state index is 15.4. The van der Waals surface area contributed by atoms with E-state index in [1.807, 2.05) is 0 Å². The number of halogens is 3. The number of carboxylic acid groups (broad SMARTS) is 1. The highest BCUT2D eigenvalue weighted by Gasteiger charge is 2.34. The van der Waals surface area contributed by atoms with E-state index in [0.717, 1.165) is 0 Å². The van der Waals surface area contributed by atoms with Crippen LogP contribution in [0.15, 0.2) is 24.3 Å². The molecule has 2 heterocycles. The molecule has 28 heavy (non-hydrogen) atoms. The summed E-state index contributed by atoms with van der Waals surface area (Å²) in [5, 5.41) is 19.7. The molecular formula is C19H17Cl2FN2O4. The first-order chi connectivity index (χ1) is 13.4. The van der Waals surface area contributed by atoms with Crippen molar-refractivity contribution < 1.29 is 24.1 Å². The predicted molar refractivity (Wildman–Crippen MR) is 103 cm³/mol. The lowest BCUT2D eigenvalue weighted by atomic mass is 10.0. The first kappa shape index (κ1) is 19.1. The first-order valence-electron chi connectivity index (χ1n) is 8.70. The third kappa shape index (κ3) is 3.23. The van der Waals surface area contributed by atoms with E-state index in [1.165, 1.54) is 11.0 Å². The Hall–Kier alpha value is -2.22. The number of phenols is 1. The number of amides is 1. The summed E-state index contributed by atoms with van der Waals surface area (Å²) in [6.45, 7) is 1.72. The molecule has 0 bridgehead atoms. The van der Waals surface area contributed by atoms with Crippen LogP contribution >= 0.6 is 23.2 Å². The number of carbonyl (C=O) groups is 1. The van der Waals surface area contributed by atoms with Gasteiger partial charge in [0.15, 0.2) is 11.6 Å². The van der Waals surface area contributed by atoms with Gasteiger partial charge in [0.25, 0.3) is 0 Å². The van der Waals surface area contributed by atoms with E-state index in [2.05, 4.69) is 4.90 Å². The van der Waals surface area contributed by atoms with E-state index in [1.54, 1.807) is 18.2 Å². The van der Waals surface area contributed by atoms with Gasteiger partial charge < -0.3 is 19.8 Å². The molecule has 2 N–H and O–H groups in total. The van der Waals surface area contributed by atoms with Crippen molar-refractivity contribution in [3.05, 3.63) is 45.7 Å². The largest absolute Gasteiger partial charge is 0.507 e. The van der Waals surface area contributed by atoms with Crippen LogP contribution in [0.1, 0.15) is 5.56 Å². The van der Waals surface area contributed by atoms with Crippen molar-refractivity contribution in [1.82, 2.24) is 9.80 Å². The van der Waals surface area contributed by atoms with Crippen LogP contribution in [0.3, 0.4) is 0 Å². The molecule has 1 amide bonds. The third-order valence-corrected chi connectivity index (χ3v) is 5.77. The molecule has 1 saturated heterocycles. The Kier molecular flexibility index (Phi) is 4.99. The van der Waals surface area contributed by atoms with E-state index in [4.69, 9.17) is 27.9 Å². The smallest absolute Gasteiger partial charge is 0.407 e. The Bertz CT molecular complexity index is 936. The summed E-state index contributed by atoms with van der Waals surface area (Å²) in [6, 6.07) is 5.93. The molecule has 0 aliphatic carbocycles. The number of nitrogens with zero attached hydrogens (tertiary/aromatic N) is 2. The van der Waals surface area contributed by atoms with Gasteiger partial charge in [-0.1, -0.05) is 29.3 Å². The normalized spacial score (nSPS) is 19.4. The minimum atomic E-state index is -0.980.